The second kappa shape index (κ2) is 7.41. The lowest BCUT2D eigenvalue weighted by molar-refractivity contribution is 0.480. The van der Waals surface area contributed by atoms with Gasteiger partial charge in [-0.15, -0.1) is 0 Å². The number of rotatable bonds is 7. The summed E-state index contributed by atoms with van der Waals surface area (Å²) in [6, 6.07) is 7.20. The molecule has 0 amide bonds. The number of hydrogen-bond donors (Lipinski definition) is 1. The van der Waals surface area contributed by atoms with Crippen molar-refractivity contribution in [2.24, 2.45) is 0 Å². The molecule has 0 fully saturated rings. The summed E-state index contributed by atoms with van der Waals surface area (Å²) in [4.78, 5) is 0.384. The lowest BCUT2D eigenvalue weighted by atomic mass is 10.2. The van der Waals surface area contributed by atoms with Crippen LogP contribution in [0, 0.1) is 0 Å². The molecule has 19 heavy (non-hydrogen) atoms. The molecule has 108 valence electrons. The first-order valence-electron chi connectivity index (χ1n) is 6.64. The van der Waals surface area contributed by atoms with E-state index >= 15 is 0 Å². The summed E-state index contributed by atoms with van der Waals surface area (Å²) in [6.07, 6.45) is 2.03. The van der Waals surface area contributed by atoms with Gasteiger partial charge in [0.25, 0.3) is 0 Å². The molecule has 0 aromatic heterocycles. The van der Waals surface area contributed by atoms with Crippen LogP contribution in [-0.2, 0) is 9.84 Å². The van der Waals surface area contributed by atoms with Crippen LogP contribution in [0.3, 0.4) is 0 Å². The summed E-state index contributed by atoms with van der Waals surface area (Å²) in [5.74, 6) is 0. The van der Waals surface area contributed by atoms with Crippen molar-refractivity contribution in [3.63, 3.8) is 0 Å². The molecule has 1 aromatic carbocycles. The van der Waals surface area contributed by atoms with E-state index in [2.05, 4.69) is 35.1 Å². The summed E-state index contributed by atoms with van der Waals surface area (Å²) in [5, 5.41) is 2.90. The van der Waals surface area contributed by atoms with Crippen molar-refractivity contribution >= 4 is 25.8 Å². The van der Waals surface area contributed by atoms with E-state index in [0.717, 1.165) is 17.3 Å². The standard InChI is InChI=1S/C14H22BrNO2S/c1-4-13(5-2)16-10-11(3)19(17,18)14-8-6-12(15)7-9-14/h6-9,11,13,16H,4-5,10H2,1-3H3. The van der Waals surface area contributed by atoms with E-state index in [1.165, 1.54) is 0 Å². The Morgan fingerprint density at radius 2 is 1.68 bits per heavy atom. The molecule has 0 heterocycles. The Morgan fingerprint density at radius 3 is 2.16 bits per heavy atom. The quantitative estimate of drug-likeness (QED) is 0.822. The molecule has 0 bridgehead atoms. The average Bonchev–Trinajstić information content (AvgIpc) is 2.40. The highest BCUT2D eigenvalue weighted by atomic mass is 79.9. The minimum atomic E-state index is -3.25. The molecule has 0 aliphatic heterocycles. The Bertz CT molecular complexity index is 481. The number of sulfone groups is 1. The molecule has 0 aliphatic carbocycles. The Morgan fingerprint density at radius 1 is 1.16 bits per heavy atom. The molecule has 0 saturated heterocycles. The summed E-state index contributed by atoms with van der Waals surface area (Å²) >= 11 is 3.31. The molecule has 3 nitrogen and oxygen atoms in total. The highest BCUT2D eigenvalue weighted by Gasteiger charge is 2.23. The Labute approximate surface area is 124 Å². The molecule has 1 N–H and O–H groups in total. The van der Waals surface area contributed by atoms with Gasteiger partial charge < -0.3 is 5.32 Å². The zero-order valence-corrected chi connectivity index (χ0v) is 14.1. The third-order valence-corrected chi connectivity index (χ3v) is 6.04. The molecule has 5 heteroatoms. The normalized spacial score (nSPS) is 13.7. The van der Waals surface area contributed by atoms with Crippen molar-refractivity contribution in [1.82, 2.24) is 5.32 Å². The van der Waals surface area contributed by atoms with Crippen molar-refractivity contribution < 1.29 is 8.42 Å². The van der Waals surface area contributed by atoms with Gasteiger partial charge in [-0.25, -0.2) is 8.42 Å². The first-order chi connectivity index (χ1) is 8.91. The minimum absolute atomic E-state index is 0.384. The second-order valence-electron chi connectivity index (χ2n) is 4.73. The zero-order valence-electron chi connectivity index (χ0n) is 11.7. The van der Waals surface area contributed by atoms with Crippen LogP contribution >= 0.6 is 15.9 Å². The van der Waals surface area contributed by atoms with E-state index in [0.29, 0.717) is 17.5 Å². The molecule has 0 aliphatic rings. The van der Waals surface area contributed by atoms with Gasteiger partial charge in [0.1, 0.15) is 0 Å². The SMILES string of the molecule is CCC(CC)NCC(C)S(=O)(=O)c1ccc(Br)cc1. The fourth-order valence-electron chi connectivity index (χ4n) is 1.88. The van der Waals surface area contributed by atoms with Crippen molar-refractivity contribution in [3.8, 4) is 0 Å². The van der Waals surface area contributed by atoms with Gasteiger partial charge >= 0.3 is 0 Å². The molecule has 1 atom stereocenters. The lowest BCUT2D eigenvalue weighted by Crippen LogP contribution is -2.37. The predicted octanol–water partition coefficient (Wildman–Crippen LogP) is 3.39. The Balaban J connectivity index is 2.74. The van der Waals surface area contributed by atoms with E-state index in [-0.39, 0.29) is 0 Å². The Kier molecular flexibility index (Phi) is 6.50. The highest BCUT2D eigenvalue weighted by molar-refractivity contribution is 9.10. The first kappa shape index (κ1) is 16.7. The van der Waals surface area contributed by atoms with E-state index in [9.17, 15) is 8.42 Å². The van der Waals surface area contributed by atoms with Crippen LogP contribution in [0.1, 0.15) is 33.6 Å². The van der Waals surface area contributed by atoms with Gasteiger partial charge in [0, 0.05) is 17.1 Å². The monoisotopic (exact) mass is 347 g/mol. The van der Waals surface area contributed by atoms with Crippen LogP contribution < -0.4 is 5.32 Å². The van der Waals surface area contributed by atoms with Crippen molar-refractivity contribution in [2.75, 3.05) is 6.54 Å². The van der Waals surface area contributed by atoms with Gasteiger partial charge in [-0.3, -0.25) is 0 Å². The maximum absolute atomic E-state index is 12.4. The van der Waals surface area contributed by atoms with Crippen molar-refractivity contribution in [1.29, 1.82) is 0 Å². The zero-order chi connectivity index (χ0) is 14.5. The average molecular weight is 348 g/mol. The third-order valence-electron chi connectivity index (χ3n) is 3.35. The van der Waals surface area contributed by atoms with Crippen molar-refractivity contribution in [3.05, 3.63) is 28.7 Å². The second-order valence-corrected chi connectivity index (χ2v) is 8.01. The van der Waals surface area contributed by atoms with Gasteiger partial charge in [-0.2, -0.15) is 0 Å². The van der Waals surface area contributed by atoms with Gasteiger partial charge in [-0.05, 0) is 44.0 Å². The number of nitrogens with one attached hydrogen (secondary N) is 1. The predicted molar refractivity (Wildman–Crippen MR) is 83.2 cm³/mol. The van der Waals surface area contributed by atoms with E-state index in [1.54, 1.807) is 31.2 Å². The highest BCUT2D eigenvalue weighted by Crippen LogP contribution is 2.19. The maximum Gasteiger partial charge on any atom is 0.182 e. The van der Waals surface area contributed by atoms with Crippen LogP contribution in [0.5, 0.6) is 0 Å². The summed E-state index contributed by atoms with van der Waals surface area (Å²) in [5.41, 5.74) is 0. The first-order valence-corrected chi connectivity index (χ1v) is 8.98. The Hall–Kier alpha value is -0.390. The lowest BCUT2D eigenvalue weighted by Gasteiger charge is -2.19. The molecule has 0 radical (unpaired) electrons. The molecule has 1 rings (SSSR count). The van der Waals surface area contributed by atoms with Crippen LogP contribution in [0.4, 0.5) is 0 Å². The minimum Gasteiger partial charge on any atom is -0.313 e. The number of benzene rings is 1. The van der Waals surface area contributed by atoms with Gasteiger partial charge in [0.15, 0.2) is 9.84 Å². The van der Waals surface area contributed by atoms with Gasteiger partial charge in [-0.1, -0.05) is 29.8 Å². The van der Waals surface area contributed by atoms with Crippen LogP contribution in [-0.4, -0.2) is 26.3 Å². The molecular weight excluding hydrogens is 326 g/mol. The molecule has 1 unspecified atom stereocenters. The number of hydrogen-bond acceptors (Lipinski definition) is 3. The smallest absolute Gasteiger partial charge is 0.182 e. The van der Waals surface area contributed by atoms with Gasteiger partial charge in [0.2, 0.25) is 0 Å². The number of halogens is 1. The van der Waals surface area contributed by atoms with Gasteiger partial charge in [0.05, 0.1) is 10.1 Å². The molecule has 0 spiro atoms. The maximum atomic E-state index is 12.4. The summed E-state index contributed by atoms with van der Waals surface area (Å²) in [7, 11) is -3.25. The summed E-state index contributed by atoms with van der Waals surface area (Å²) in [6.45, 7) is 6.46. The van der Waals surface area contributed by atoms with Crippen molar-refractivity contribution in [2.45, 2.75) is 49.8 Å². The van der Waals surface area contributed by atoms with Crippen LogP contribution in [0.25, 0.3) is 0 Å². The van der Waals surface area contributed by atoms with Crippen LogP contribution in [0.2, 0.25) is 0 Å². The molecule has 1 aromatic rings. The molecule has 0 saturated carbocycles. The van der Waals surface area contributed by atoms with E-state index < -0.39 is 15.1 Å². The fraction of sp³-hybridized carbons (Fsp3) is 0.571. The van der Waals surface area contributed by atoms with Crippen LogP contribution in [0.15, 0.2) is 33.6 Å². The van der Waals surface area contributed by atoms with E-state index in [1.807, 2.05) is 0 Å². The molecular formula is C14H22BrNO2S. The largest absolute Gasteiger partial charge is 0.313 e. The summed E-state index contributed by atoms with van der Waals surface area (Å²) < 4.78 is 25.6. The third kappa shape index (κ3) is 4.58. The van der Waals surface area contributed by atoms with E-state index in [4.69, 9.17) is 0 Å². The fourth-order valence-corrected chi connectivity index (χ4v) is 3.44. The topological polar surface area (TPSA) is 46.2 Å².